The lowest BCUT2D eigenvalue weighted by Gasteiger charge is -2.35. The zero-order chi connectivity index (χ0) is 14.5. The van der Waals surface area contributed by atoms with Gasteiger partial charge in [-0.3, -0.25) is 10.1 Å². The van der Waals surface area contributed by atoms with Crippen molar-refractivity contribution in [3.63, 3.8) is 0 Å². The van der Waals surface area contributed by atoms with E-state index in [2.05, 4.69) is 41.4 Å². The van der Waals surface area contributed by atoms with Crippen LogP contribution in [0.3, 0.4) is 0 Å². The van der Waals surface area contributed by atoms with Crippen molar-refractivity contribution in [3.8, 4) is 0 Å². The third-order valence-corrected chi connectivity index (χ3v) is 3.81. The van der Waals surface area contributed by atoms with E-state index in [4.69, 9.17) is 10.2 Å². The van der Waals surface area contributed by atoms with Gasteiger partial charge in [-0.25, -0.2) is 0 Å². The molecule has 1 saturated heterocycles. The maximum atomic E-state index is 10.9. The number of anilines is 1. The Kier molecular flexibility index (Phi) is 4.98. The van der Waals surface area contributed by atoms with Crippen molar-refractivity contribution < 1.29 is 15.0 Å². The zero-order valence-corrected chi connectivity index (χ0v) is 11.7. The highest BCUT2D eigenvalue weighted by atomic mass is 16.4. The Morgan fingerprint density at radius 3 is 2.45 bits per heavy atom. The van der Waals surface area contributed by atoms with E-state index in [1.807, 2.05) is 0 Å². The summed E-state index contributed by atoms with van der Waals surface area (Å²) < 4.78 is 0. The molecule has 0 aliphatic carbocycles. The van der Waals surface area contributed by atoms with E-state index in [1.54, 1.807) is 0 Å². The molecule has 0 spiro atoms. The van der Waals surface area contributed by atoms with Crippen molar-refractivity contribution in [3.05, 3.63) is 29.8 Å². The fourth-order valence-electron chi connectivity index (χ4n) is 2.55. The Morgan fingerprint density at radius 2 is 1.95 bits per heavy atom. The number of hydrogen-bond donors (Lipinski definition) is 3. The molecule has 1 fully saturated rings. The molecule has 1 aliphatic rings. The predicted molar refractivity (Wildman–Crippen MR) is 78.1 cm³/mol. The number of nitrogens with zero attached hydrogens (tertiary/aromatic N) is 1. The molecule has 0 saturated carbocycles. The number of hydrogen-bond acceptors (Lipinski definition) is 4. The summed E-state index contributed by atoms with van der Waals surface area (Å²) >= 11 is 0. The van der Waals surface area contributed by atoms with Gasteiger partial charge in [0.05, 0.1) is 6.61 Å². The van der Waals surface area contributed by atoms with E-state index in [1.165, 1.54) is 11.3 Å². The third-order valence-electron chi connectivity index (χ3n) is 3.81. The van der Waals surface area contributed by atoms with Gasteiger partial charge in [0.15, 0.2) is 0 Å². The van der Waals surface area contributed by atoms with Gasteiger partial charge in [0.25, 0.3) is 0 Å². The van der Waals surface area contributed by atoms with Crippen molar-refractivity contribution in [2.75, 3.05) is 24.6 Å². The second-order valence-corrected chi connectivity index (χ2v) is 5.34. The molecule has 5 heteroatoms. The number of piperidine rings is 1. The predicted octanol–water partition coefficient (Wildman–Crippen LogP) is 0.999. The van der Waals surface area contributed by atoms with Crippen LogP contribution in [0.4, 0.5) is 5.69 Å². The van der Waals surface area contributed by atoms with Crippen molar-refractivity contribution in [2.24, 2.45) is 0 Å². The van der Waals surface area contributed by atoms with Gasteiger partial charge in [0.2, 0.25) is 0 Å². The van der Waals surface area contributed by atoms with E-state index in [-0.39, 0.29) is 12.6 Å². The Labute approximate surface area is 119 Å². The maximum Gasteiger partial charge on any atom is 0.323 e. The molecule has 0 amide bonds. The van der Waals surface area contributed by atoms with Crippen molar-refractivity contribution in [1.29, 1.82) is 0 Å². The Balaban J connectivity index is 1.86. The number of carboxylic acid groups (broad SMARTS) is 1. The van der Waals surface area contributed by atoms with Crippen LogP contribution in [0.2, 0.25) is 0 Å². The number of rotatable bonds is 5. The van der Waals surface area contributed by atoms with Crippen LogP contribution in [0, 0.1) is 6.92 Å². The summed E-state index contributed by atoms with van der Waals surface area (Å²) in [6, 6.07) is 7.75. The van der Waals surface area contributed by atoms with Gasteiger partial charge >= 0.3 is 5.97 Å². The molecule has 0 aromatic heterocycles. The highest BCUT2D eigenvalue weighted by Crippen LogP contribution is 2.20. The fraction of sp³-hybridized carbons (Fsp3) is 0.533. The van der Waals surface area contributed by atoms with Gasteiger partial charge < -0.3 is 15.1 Å². The van der Waals surface area contributed by atoms with Crippen LogP contribution >= 0.6 is 0 Å². The van der Waals surface area contributed by atoms with Gasteiger partial charge in [-0.05, 0) is 31.9 Å². The van der Waals surface area contributed by atoms with E-state index in [0.29, 0.717) is 0 Å². The summed E-state index contributed by atoms with van der Waals surface area (Å²) in [4.78, 5) is 13.2. The minimum Gasteiger partial charge on any atom is -0.480 e. The summed E-state index contributed by atoms with van der Waals surface area (Å²) in [5.74, 6) is -0.992. The van der Waals surface area contributed by atoms with Crippen LogP contribution in [-0.4, -0.2) is 48.0 Å². The summed E-state index contributed by atoms with van der Waals surface area (Å²) in [7, 11) is 0. The van der Waals surface area contributed by atoms with E-state index < -0.39 is 12.0 Å². The molecule has 1 aromatic carbocycles. The van der Waals surface area contributed by atoms with Crippen LogP contribution in [0.5, 0.6) is 0 Å². The molecule has 3 N–H and O–H groups in total. The first-order valence-corrected chi connectivity index (χ1v) is 7.01. The van der Waals surface area contributed by atoms with E-state index in [9.17, 15) is 4.79 Å². The number of aliphatic carboxylic acids is 1. The SMILES string of the molecule is Cc1ccc(N2CCC(NC(CO)C(=O)O)CC2)cc1. The number of aliphatic hydroxyl groups is 1. The Bertz CT molecular complexity index is 439. The molecule has 1 heterocycles. The highest BCUT2D eigenvalue weighted by Gasteiger charge is 2.24. The van der Waals surface area contributed by atoms with Crippen LogP contribution < -0.4 is 10.2 Å². The average molecular weight is 278 g/mol. The summed E-state index contributed by atoms with van der Waals surface area (Å²) in [6.07, 6.45) is 1.77. The molecule has 1 aliphatic heterocycles. The molecule has 0 radical (unpaired) electrons. The quantitative estimate of drug-likeness (QED) is 0.749. The normalized spacial score (nSPS) is 18.0. The molecule has 2 rings (SSSR count). The summed E-state index contributed by atoms with van der Waals surface area (Å²) in [5, 5.41) is 21.0. The monoisotopic (exact) mass is 278 g/mol. The molecular weight excluding hydrogens is 256 g/mol. The molecular formula is C15H22N2O3. The number of carboxylic acids is 1. The third kappa shape index (κ3) is 3.71. The molecule has 1 unspecified atom stereocenters. The smallest absolute Gasteiger partial charge is 0.323 e. The van der Waals surface area contributed by atoms with E-state index >= 15 is 0 Å². The largest absolute Gasteiger partial charge is 0.480 e. The topological polar surface area (TPSA) is 72.8 Å². The number of aryl methyl sites for hydroxylation is 1. The minimum atomic E-state index is -0.992. The average Bonchev–Trinajstić information content (AvgIpc) is 2.46. The standard InChI is InChI=1S/C15H22N2O3/c1-11-2-4-13(5-3-11)17-8-6-12(7-9-17)16-14(10-18)15(19)20/h2-5,12,14,16,18H,6-10H2,1H3,(H,19,20). The van der Waals surface area contributed by atoms with Crippen LogP contribution in [0.1, 0.15) is 18.4 Å². The van der Waals surface area contributed by atoms with Gasteiger partial charge in [-0.2, -0.15) is 0 Å². The lowest BCUT2D eigenvalue weighted by atomic mass is 10.0. The first kappa shape index (κ1) is 14.8. The molecule has 110 valence electrons. The Morgan fingerprint density at radius 1 is 1.35 bits per heavy atom. The number of carbonyl (C=O) groups is 1. The second kappa shape index (κ2) is 6.72. The van der Waals surface area contributed by atoms with Crippen LogP contribution in [-0.2, 0) is 4.79 Å². The van der Waals surface area contributed by atoms with E-state index in [0.717, 1.165) is 25.9 Å². The fourth-order valence-corrected chi connectivity index (χ4v) is 2.55. The Hall–Kier alpha value is -1.59. The summed E-state index contributed by atoms with van der Waals surface area (Å²) in [6.45, 7) is 3.51. The van der Waals surface area contributed by atoms with Crippen molar-refractivity contribution in [2.45, 2.75) is 31.8 Å². The lowest BCUT2D eigenvalue weighted by Crippen LogP contribution is -2.50. The van der Waals surface area contributed by atoms with Gasteiger partial charge in [0, 0.05) is 24.8 Å². The van der Waals surface area contributed by atoms with Crippen LogP contribution in [0.15, 0.2) is 24.3 Å². The van der Waals surface area contributed by atoms with Gasteiger partial charge in [0.1, 0.15) is 6.04 Å². The summed E-state index contributed by atoms with van der Waals surface area (Å²) in [5.41, 5.74) is 2.46. The van der Waals surface area contributed by atoms with Gasteiger partial charge in [-0.15, -0.1) is 0 Å². The second-order valence-electron chi connectivity index (χ2n) is 5.34. The van der Waals surface area contributed by atoms with Crippen LogP contribution in [0.25, 0.3) is 0 Å². The molecule has 0 bridgehead atoms. The van der Waals surface area contributed by atoms with Gasteiger partial charge in [-0.1, -0.05) is 17.7 Å². The number of benzene rings is 1. The molecule has 1 atom stereocenters. The molecule has 5 nitrogen and oxygen atoms in total. The lowest BCUT2D eigenvalue weighted by molar-refractivity contribution is -0.140. The van der Waals surface area contributed by atoms with Crippen molar-refractivity contribution >= 4 is 11.7 Å². The number of nitrogens with one attached hydrogen (secondary N) is 1. The first-order chi connectivity index (χ1) is 9.60. The molecule has 20 heavy (non-hydrogen) atoms. The highest BCUT2D eigenvalue weighted by molar-refractivity contribution is 5.73. The minimum absolute atomic E-state index is 0.157. The molecule has 1 aromatic rings. The zero-order valence-electron chi connectivity index (χ0n) is 11.7. The van der Waals surface area contributed by atoms with Crippen molar-refractivity contribution in [1.82, 2.24) is 5.32 Å². The number of aliphatic hydroxyl groups excluding tert-OH is 1. The maximum absolute atomic E-state index is 10.9. The first-order valence-electron chi connectivity index (χ1n) is 7.01.